The van der Waals surface area contributed by atoms with Gasteiger partial charge in [-0.05, 0) is 53.9 Å². The molecule has 0 radical (unpaired) electrons. The standard InChI is InChI=1S/C15H19BrN2O2S/c1-3-19-13-8-11(6-10(2)17)7-12(16)15(13)20-9-14-18-4-5-21-14/h4-5,7-8,10H,3,6,9,17H2,1-2H3. The number of halogens is 1. The van der Waals surface area contributed by atoms with E-state index in [1.807, 2.05) is 31.4 Å². The van der Waals surface area contributed by atoms with E-state index in [0.717, 1.165) is 27.2 Å². The molecular formula is C15H19BrN2O2S. The van der Waals surface area contributed by atoms with Crippen LogP contribution in [0.15, 0.2) is 28.2 Å². The molecule has 0 aliphatic carbocycles. The smallest absolute Gasteiger partial charge is 0.175 e. The molecule has 2 rings (SSSR count). The van der Waals surface area contributed by atoms with Gasteiger partial charge in [0.15, 0.2) is 11.5 Å². The highest BCUT2D eigenvalue weighted by atomic mass is 79.9. The third kappa shape index (κ3) is 4.69. The molecular weight excluding hydrogens is 352 g/mol. The van der Waals surface area contributed by atoms with Crippen LogP contribution in [0.5, 0.6) is 11.5 Å². The Kier molecular flexibility index (Phi) is 6.02. The van der Waals surface area contributed by atoms with E-state index in [4.69, 9.17) is 15.2 Å². The van der Waals surface area contributed by atoms with Crippen molar-refractivity contribution in [3.63, 3.8) is 0 Å². The second kappa shape index (κ2) is 7.77. The van der Waals surface area contributed by atoms with Gasteiger partial charge in [0.1, 0.15) is 11.6 Å². The van der Waals surface area contributed by atoms with Crippen LogP contribution < -0.4 is 15.2 Å². The van der Waals surface area contributed by atoms with Gasteiger partial charge in [-0.1, -0.05) is 0 Å². The van der Waals surface area contributed by atoms with Gasteiger partial charge in [-0.25, -0.2) is 4.98 Å². The van der Waals surface area contributed by atoms with Gasteiger partial charge in [0.05, 0.1) is 11.1 Å². The molecule has 2 aromatic rings. The Hall–Kier alpha value is -1.11. The van der Waals surface area contributed by atoms with Gasteiger partial charge in [0.25, 0.3) is 0 Å². The van der Waals surface area contributed by atoms with Crippen molar-refractivity contribution < 1.29 is 9.47 Å². The van der Waals surface area contributed by atoms with Crippen molar-refractivity contribution in [1.29, 1.82) is 0 Å². The lowest BCUT2D eigenvalue weighted by atomic mass is 10.1. The molecule has 0 saturated carbocycles. The fourth-order valence-electron chi connectivity index (χ4n) is 1.97. The number of nitrogens with zero attached hydrogens (tertiary/aromatic N) is 1. The van der Waals surface area contributed by atoms with Crippen LogP contribution >= 0.6 is 27.3 Å². The Morgan fingerprint density at radius 2 is 2.19 bits per heavy atom. The molecule has 1 heterocycles. The van der Waals surface area contributed by atoms with Gasteiger partial charge < -0.3 is 15.2 Å². The zero-order valence-electron chi connectivity index (χ0n) is 12.1. The highest BCUT2D eigenvalue weighted by Gasteiger charge is 2.13. The van der Waals surface area contributed by atoms with Crippen LogP contribution in [0.25, 0.3) is 0 Å². The summed E-state index contributed by atoms with van der Waals surface area (Å²) in [5.41, 5.74) is 6.99. The summed E-state index contributed by atoms with van der Waals surface area (Å²) in [6, 6.07) is 4.13. The molecule has 2 N–H and O–H groups in total. The third-order valence-corrected chi connectivity index (χ3v) is 4.09. The first-order valence-corrected chi connectivity index (χ1v) is 8.49. The number of thiazole rings is 1. The lowest BCUT2D eigenvalue weighted by Crippen LogP contribution is -2.17. The minimum absolute atomic E-state index is 0.105. The van der Waals surface area contributed by atoms with Crippen LogP contribution in [0.3, 0.4) is 0 Å². The molecule has 1 atom stereocenters. The summed E-state index contributed by atoms with van der Waals surface area (Å²) in [7, 11) is 0. The zero-order chi connectivity index (χ0) is 15.2. The Labute approximate surface area is 137 Å². The number of ether oxygens (including phenoxy) is 2. The first kappa shape index (κ1) is 16.3. The second-order valence-corrected chi connectivity index (χ2v) is 6.57. The number of aromatic nitrogens is 1. The minimum atomic E-state index is 0.105. The molecule has 21 heavy (non-hydrogen) atoms. The summed E-state index contributed by atoms with van der Waals surface area (Å²) in [6.07, 6.45) is 2.57. The first-order chi connectivity index (χ1) is 10.1. The summed E-state index contributed by atoms with van der Waals surface area (Å²) >= 11 is 5.13. The molecule has 1 aromatic carbocycles. The maximum absolute atomic E-state index is 5.87. The Morgan fingerprint density at radius 3 is 2.81 bits per heavy atom. The largest absolute Gasteiger partial charge is 0.490 e. The van der Waals surface area contributed by atoms with Crippen molar-refractivity contribution in [2.45, 2.75) is 32.9 Å². The van der Waals surface area contributed by atoms with Gasteiger partial charge in [0, 0.05) is 17.6 Å². The molecule has 114 valence electrons. The number of benzene rings is 1. The molecule has 0 amide bonds. The highest BCUT2D eigenvalue weighted by molar-refractivity contribution is 9.10. The van der Waals surface area contributed by atoms with Gasteiger partial charge in [-0.3, -0.25) is 0 Å². The number of rotatable bonds is 7. The van der Waals surface area contributed by atoms with Crippen LogP contribution in [0.4, 0.5) is 0 Å². The average Bonchev–Trinajstić information content (AvgIpc) is 2.90. The molecule has 0 fully saturated rings. The van der Waals surface area contributed by atoms with E-state index >= 15 is 0 Å². The maximum atomic E-state index is 5.87. The maximum Gasteiger partial charge on any atom is 0.175 e. The predicted molar refractivity (Wildman–Crippen MR) is 89.1 cm³/mol. The van der Waals surface area contributed by atoms with Crippen LogP contribution in [-0.2, 0) is 13.0 Å². The molecule has 0 spiro atoms. The molecule has 0 aliphatic heterocycles. The van der Waals surface area contributed by atoms with E-state index in [1.54, 1.807) is 17.5 Å². The summed E-state index contributed by atoms with van der Waals surface area (Å²) in [4.78, 5) is 4.21. The third-order valence-electron chi connectivity index (χ3n) is 2.75. The van der Waals surface area contributed by atoms with Gasteiger partial charge in [-0.2, -0.15) is 0 Å². The molecule has 0 bridgehead atoms. The zero-order valence-corrected chi connectivity index (χ0v) is 14.5. The number of hydrogen-bond acceptors (Lipinski definition) is 5. The van der Waals surface area contributed by atoms with Crippen molar-refractivity contribution in [2.24, 2.45) is 5.73 Å². The second-order valence-electron chi connectivity index (χ2n) is 4.73. The highest BCUT2D eigenvalue weighted by Crippen LogP contribution is 2.37. The summed E-state index contributed by atoms with van der Waals surface area (Å²) in [5.74, 6) is 1.44. The van der Waals surface area contributed by atoms with Crippen molar-refractivity contribution in [2.75, 3.05) is 6.61 Å². The quantitative estimate of drug-likeness (QED) is 0.805. The summed E-state index contributed by atoms with van der Waals surface area (Å²) in [6.45, 7) is 4.96. The Morgan fingerprint density at radius 1 is 1.38 bits per heavy atom. The molecule has 0 aliphatic rings. The van der Waals surface area contributed by atoms with E-state index in [9.17, 15) is 0 Å². The summed E-state index contributed by atoms with van der Waals surface area (Å²) < 4.78 is 12.4. The lowest BCUT2D eigenvalue weighted by molar-refractivity contribution is 0.267. The average molecular weight is 371 g/mol. The Bertz CT molecular complexity index is 573. The van der Waals surface area contributed by atoms with Crippen LogP contribution in [0.2, 0.25) is 0 Å². The van der Waals surface area contributed by atoms with Crippen molar-refractivity contribution >= 4 is 27.3 Å². The minimum Gasteiger partial charge on any atom is -0.490 e. The Balaban J connectivity index is 2.21. The van der Waals surface area contributed by atoms with Crippen LogP contribution in [0.1, 0.15) is 24.4 Å². The van der Waals surface area contributed by atoms with Gasteiger partial charge >= 0.3 is 0 Å². The predicted octanol–water partition coefficient (Wildman–Crippen LogP) is 3.77. The first-order valence-electron chi connectivity index (χ1n) is 6.82. The molecule has 4 nitrogen and oxygen atoms in total. The van der Waals surface area contributed by atoms with Gasteiger partial charge in [0.2, 0.25) is 0 Å². The topological polar surface area (TPSA) is 57.4 Å². The van der Waals surface area contributed by atoms with E-state index in [1.165, 1.54) is 0 Å². The van der Waals surface area contributed by atoms with Crippen molar-refractivity contribution in [1.82, 2.24) is 4.98 Å². The monoisotopic (exact) mass is 370 g/mol. The van der Waals surface area contributed by atoms with E-state index in [-0.39, 0.29) is 6.04 Å². The van der Waals surface area contributed by atoms with Crippen molar-refractivity contribution in [3.8, 4) is 11.5 Å². The van der Waals surface area contributed by atoms with E-state index in [0.29, 0.717) is 19.0 Å². The fraction of sp³-hybridized carbons (Fsp3) is 0.400. The van der Waals surface area contributed by atoms with Crippen LogP contribution in [-0.4, -0.2) is 17.6 Å². The lowest BCUT2D eigenvalue weighted by Gasteiger charge is -2.15. The number of nitrogens with two attached hydrogens (primary N) is 1. The SMILES string of the molecule is CCOc1cc(CC(C)N)cc(Br)c1OCc1nccs1. The summed E-state index contributed by atoms with van der Waals surface area (Å²) in [5, 5.41) is 2.87. The normalized spacial score (nSPS) is 12.2. The molecule has 1 unspecified atom stereocenters. The van der Waals surface area contributed by atoms with Crippen LogP contribution in [0, 0.1) is 0 Å². The molecule has 6 heteroatoms. The van der Waals surface area contributed by atoms with Crippen molar-refractivity contribution in [3.05, 3.63) is 38.8 Å². The van der Waals surface area contributed by atoms with E-state index < -0.39 is 0 Å². The number of hydrogen-bond donors (Lipinski definition) is 1. The van der Waals surface area contributed by atoms with E-state index in [2.05, 4.69) is 20.9 Å². The fourth-order valence-corrected chi connectivity index (χ4v) is 3.10. The molecule has 1 aromatic heterocycles. The van der Waals surface area contributed by atoms with Gasteiger partial charge in [-0.15, -0.1) is 11.3 Å². The molecule has 0 saturated heterocycles.